The molecule has 1 heterocycles. The molecule has 0 aromatic heterocycles. The number of fused-ring (bicyclic) bond motifs is 1. The number of anilines is 1. The van der Waals surface area contributed by atoms with Crippen LogP contribution in [0.15, 0.2) is 71.6 Å². The lowest BCUT2D eigenvalue weighted by atomic mass is 9.83. The second kappa shape index (κ2) is 11.8. The minimum absolute atomic E-state index is 0.0460. The first-order chi connectivity index (χ1) is 18.7. The number of methoxy groups -OCH3 is 2. The second-order valence-corrected chi connectivity index (χ2v) is 11.7. The van der Waals surface area contributed by atoms with Gasteiger partial charge in [0.25, 0.3) is 10.0 Å². The van der Waals surface area contributed by atoms with Gasteiger partial charge in [-0.05, 0) is 55.3 Å². The van der Waals surface area contributed by atoms with E-state index < -0.39 is 28.1 Å². The Kier molecular flexibility index (Phi) is 8.61. The third-order valence-corrected chi connectivity index (χ3v) is 9.19. The molecule has 1 N–H and O–H groups in total. The summed E-state index contributed by atoms with van der Waals surface area (Å²) < 4.78 is 45.8. The number of hydrogen-bond donors (Lipinski definition) is 1. The van der Waals surface area contributed by atoms with Crippen molar-refractivity contribution in [2.24, 2.45) is 0 Å². The van der Waals surface area contributed by atoms with E-state index in [-0.39, 0.29) is 16.7 Å². The maximum atomic E-state index is 13.9. The fourth-order valence-corrected chi connectivity index (χ4v) is 6.39. The fraction of sp³-hybridized carbons (Fsp3) is 0.345. The summed E-state index contributed by atoms with van der Waals surface area (Å²) >= 11 is 6.07. The van der Waals surface area contributed by atoms with Crippen LogP contribution in [-0.2, 0) is 14.8 Å². The number of nitrogens with zero attached hydrogens (tertiary/aromatic N) is 1. The molecule has 0 saturated carbocycles. The number of amides is 1. The van der Waals surface area contributed by atoms with Gasteiger partial charge >= 0.3 is 0 Å². The van der Waals surface area contributed by atoms with E-state index in [1.807, 2.05) is 24.3 Å². The summed E-state index contributed by atoms with van der Waals surface area (Å²) in [6, 6.07) is 17.9. The van der Waals surface area contributed by atoms with Crippen molar-refractivity contribution in [3.8, 4) is 17.2 Å². The zero-order chi connectivity index (χ0) is 28.2. The third kappa shape index (κ3) is 5.94. The van der Waals surface area contributed by atoms with Crippen molar-refractivity contribution < 1.29 is 27.4 Å². The average molecular weight is 573 g/mol. The molecule has 8 nitrogen and oxygen atoms in total. The zero-order valence-electron chi connectivity index (χ0n) is 22.4. The van der Waals surface area contributed by atoms with Gasteiger partial charge in [0.1, 0.15) is 17.9 Å². The Hall–Kier alpha value is -3.43. The number of ether oxygens (including phenoxy) is 3. The molecule has 3 aromatic rings. The van der Waals surface area contributed by atoms with Crippen molar-refractivity contribution in [1.29, 1.82) is 0 Å². The van der Waals surface area contributed by atoms with Gasteiger partial charge in [-0.25, -0.2) is 8.42 Å². The Morgan fingerprint density at radius 2 is 1.69 bits per heavy atom. The molecule has 1 aliphatic rings. The molecule has 0 unspecified atom stereocenters. The van der Waals surface area contributed by atoms with Crippen LogP contribution in [0.5, 0.6) is 17.2 Å². The molecule has 1 amide bonds. The first kappa shape index (κ1) is 28.6. The number of benzene rings is 3. The molecule has 39 heavy (non-hydrogen) atoms. The maximum absolute atomic E-state index is 13.9. The fourth-order valence-electron chi connectivity index (χ4n) is 4.83. The van der Waals surface area contributed by atoms with Crippen molar-refractivity contribution >= 4 is 33.2 Å². The predicted molar refractivity (Wildman–Crippen MR) is 151 cm³/mol. The smallest absolute Gasteiger partial charge is 0.264 e. The Balaban J connectivity index is 1.68. The van der Waals surface area contributed by atoms with E-state index in [0.29, 0.717) is 22.9 Å². The number of rotatable bonds is 10. The van der Waals surface area contributed by atoms with Gasteiger partial charge < -0.3 is 19.5 Å². The largest absolute Gasteiger partial charge is 0.493 e. The Labute approximate surface area is 234 Å². The van der Waals surface area contributed by atoms with Crippen molar-refractivity contribution in [3.63, 3.8) is 0 Å². The van der Waals surface area contributed by atoms with Gasteiger partial charge in [0, 0.05) is 23.1 Å². The number of carbonyl (C=O) groups excluding carboxylic acids is 1. The topological polar surface area (TPSA) is 94.2 Å². The van der Waals surface area contributed by atoms with Gasteiger partial charge in [0.05, 0.1) is 30.8 Å². The molecule has 0 fully saturated rings. The maximum Gasteiger partial charge on any atom is 0.264 e. The second-order valence-electron chi connectivity index (χ2n) is 9.36. The predicted octanol–water partition coefficient (Wildman–Crippen LogP) is 5.75. The van der Waals surface area contributed by atoms with Crippen molar-refractivity contribution in [3.05, 3.63) is 77.3 Å². The average Bonchev–Trinajstić information content (AvgIpc) is 2.95. The highest BCUT2D eigenvalue weighted by Crippen LogP contribution is 2.42. The Morgan fingerprint density at radius 1 is 1.03 bits per heavy atom. The van der Waals surface area contributed by atoms with Crippen molar-refractivity contribution in [2.75, 3.05) is 25.1 Å². The molecule has 10 heteroatoms. The van der Waals surface area contributed by atoms with Crippen LogP contribution in [-0.4, -0.2) is 40.7 Å². The van der Waals surface area contributed by atoms with Crippen molar-refractivity contribution in [1.82, 2.24) is 5.32 Å². The number of halogens is 1. The molecule has 3 aromatic carbocycles. The van der Waals surface area contributed by atoms with Crippen LogP contribution in [0.2, 0.25) is 5.02 Å². The van der Waals surface area contributed by atoms with E-state index in [4.69, 9.17) is 25.8 Å². The lowest BCUT2D eigenvalue weighted by molar-refractivity contribution is -0.121. The molecule has 0 radical (unpaired) electrons. The number of nitrogens with one attached hydrogen (secondary N) is 1. The lowest BCUT2D eigenvalue weighted by Crippen LogP contribution is -2.47. The quantitative estimate of drug-likeness (QED) is 0.332. The summed E-state index contributed by atoms with van der Waals surface area (Å²) in [6.07, 6.45) is 2.12. The van der Waals surface area contributed by atoms with Gasteiger partial charge in [0.2, 0.25) is 5.91 Å². The number of sulfonamides is 1. The SMILES string of the molecule is CCC1(CC)C[C@@H](NC(=O)CN(c2ccc(Cl)cc2)S(=O)(=O)c2ccc(OC)c(OC)c2)c2ccccc2O1. The van der Waals surface area contributed by atoms with Crippen molar-refractivity contribution in [2.45, 2.75) is 49.6 Å². The Bertz CT molecular complexity index is 1420. The van der Waals surface area contributed by atoms with Gasteiger partial charge in [0.15, 0.2) is 11.5 Å². The summed E-state index contributed by atoms with van der Waals surface area (Å²) in [7, 11) is -1.29. The summed E-state index contributed by atoms with van der Waals surface area (Å²) in [5.41, 5.74) is 0.741. The van der Waals surface area contributed by atoms with Crippen LogP contribution in [0, 0.1) is 0 Å². The molecule has 208 valence electrons. The van der Waals surface area contributed by atoms with E-state index in [1.54, 1.807) is 24.3 Å². The molecule has 0 spiro atoms. The standard InChI is InChI=1S/C29H33ClN2O6S/c1-5-29(6-2)18-24(23-9-7-8-10-25(23)38-29)31-28(33)19-32(21-13-11-20(30)12-14-21)39(34,35)22-15-16-26(36-3)27(17-22)37-4/h7-17,24H,5-6,18-19H2,1-4H3,(H,31,33)/t24-/m1/s1. The molecular formula is C29H33ClN2O6S. The molecule has 4 rings (SSSR count). The first-order valence-corrected chi connectivity index (χ1v) is 14.6. The van der Waals surface area contributed by atoms with E-state index in [2.05, 4.69) is 19.2 Å². The number of para-hydroxylation sites is 1. The molecule has 1 atom stereocenters. The van der Waals surface area contributed by atoms with E-state index in [1.165, 1.54) is 32.4 Å². The first-order valence-electron chi connectivity index (χ1n) is 12.7. The third-order valence-electron chi connectivity index (χ3n) is 7.17. The summed E-state index contributed by atoms with van der Waals surface area (Å²) in [5, 5.41) is 3.52. The highest BCUT2D eigenvalue weighted by atomic mass is 35.5. The van der Waals surface area contributed by atoms with E-state index >= 15 is 0 Å². The van der Waals surface area contributed by atoms with Crippen LogP contribution in [0.25, 0.3) is 0 Å². The minimum Gasteiger partial charge on any atom is -0.493 e. The molecule has 0 aliphatic carbocycles. The monoisotopic (exact) mass is 572 g/mol. The molecular weight excluding hydrogens is 540 g/mol. The van der Waals surface area contributed by atoms with Crippen LogP contribution in [0.3, 0.4) is 0 Å². The van der Waals surface area contributed by atoms with Crippen LogP contribution in [0.4, 0.5) is 5.69 Å². The number of carbonyl (C=O) groups is 1. The normalized spacial score (nSPS) is 16.0. The molecule has 0 saturated heterocycles. The van der Waals surface area contributed by atoms with E-state index in [9.17, 15) is 13.2 Å². The van der Waals surface area contributed by atoms with Crippen LogP contribution in [0.1, 0.15) is 44.7 Å². The summed E-state index contributed by atoms with van der Waals surface area (Å²) in [6.45, 7) is 3.69. The summed E-state index contributed by atoms with van der Waals surface area (Å²) in [5.74, 6) is 0.927. The van der Waals surface area contributed by atoms with Gasteiger partial charge in [-0.2, -0.15) is 0 Å². The molecule has 0 bridgehead atoms. The Morgan fingerprint density at radius 3 is 2.33 bits per heavy atom. The van der Waals surface area contributed by atoms with Crippen LogP contribution < -0.4 is 23.8 Å². The summed E-state index contributed by atoms with van der Waals surface area (Å²) in [4.78, 5) is 13.5. The van der Waals surface area contributed by atoms with Gasteiger partial charge in [-0.1, -0.05) is 43.6 Å². The minimum atomic E-state index is -4.18. The van der Waals surface area contributed by atoms with Gasteiger partial charge in [-0.3, -0.25) is 9.10 Å². The van der Waals surface area contributed by atoms with Crippen LogP contribution >= 0.6 is 11.6 Å². The highest BCUT2D eigenvalue weighted by molar-refractivity contribution is 7.92. The van der Waals surface area contributed by atoms with Gasteiger partial charge in [-0.15, -0.1) is 0 Å². The zero-order valence-corrected chi connectivity index (χ0v) is 24.0. The molecule has 1 aliphatic heterocycles. The number of hydrogen-bond acceptors (Lipinski definition) is 6. The lowest BCUT2D eigenvalue weighted by Gasteiger charge is -2.41. The highest BCUT2D eigenvalue weighted by Gasteiger charge is 2.39. The van der Waals surface area contributed by atoms with E-state index in [0.717, 1.165) is 28.5 Å².